The zero-order valence-electron chi connectivity index (χ0n) is 53.9. The molecule has 0 saturated heterocycles. The Hall–Kier alpha value is -1.85. The molecule has 0 rings (SSSR count). The molecule has 0 aromatic carbocycles. The standard InChI is InChI=1S/C73H140O6/c1-4-7-10-13-16-19-21-23-25-27-29-30-31-32-33-34-35-36-37-38-39-40-41-42-44-45-47-49-51-54-57-60-63-66-72(75)78-69-70(68-77-71(74)65-62-59-56-53-18-15-12-9-6-3)79-73(76)67-64-61-58-55-52-50-48-46-43-28-26-24-22-20-17-14-11-8-5-2/h27,29,70H,4-26,28,30-69H2,1-3H3/b29-27-. The Kier molecular flexibility index (Phi) is 67.0. The molecule has 468 valence electrons. The fraction of sp³-hybridized carbons (Fsp3) is 0.932. The summed E-state index contributed by atoms with van der Waals surface area (Å²) in [5.41, 5.74) is 0. The summed E-state index contributed by atoms with van der Waals surface area (Å²) in [6.45, 7) is 6.70. The number of ether oxygens (including phenoxy) is 3. The summed E-state index contributed by atoms with van der Waals surface area (Å²) in [7, 11) is 0. The highest BCUT2D eigenvalue weighted by Crippen LogP contribution is 2.19. The third-order valence-corrected chi connectivity index (χ3v) is 16.8. The van der Waals surface area contributed by atoms with Crippen LogP contribution in [0.15, 0.2) is 12.2 Å². The SMILES string of the molecule is CCCCCCCCCC/C=C\CCCCCCCCCCCCCCCCCCCCCCCC(=O)OCC(COC(=O)CCCCCCCCCCC)OC(=O)CCCCCCCCCCCCCCCCCCCCC. The van der Waals surface area contributed by atoms with Crippen LogP contribution in [0.25, 0.3) is 0 Å². The molecule has 0 radical (unpaired) electrons. The minimum absolute atomic E-state index is 0.0621. The van der Waals surface area contributed by atoms with Crippen LogP contribution < -0.4 is 0 Å². The molecule has 0 N–H and O–H groups in total. The van der Waals surface area contributed by atoms with E-state index in [4.69, 9.17) is 14.2 Å². The number of carbonyl (C=O) groups is 3. The molecule has 0 bridgehead atoms. The predicted octanol–water partition coefficient (Wildman–Crippen LogP) is 24.8. The van der Waals surface area contributed by atoms with Crippen LogP contribution in [0.2, 0.25) is 0 Å². The summed E-state index contributed by atoms with van der Waals surface area (Å²) < 4.78 is 16.9. The number of carbonyl (C=O) groups excluding carboxylic acids is 3. The number of hydrogen-bond acceptors (Lipinski definition) is 6. The molecule has 0 aliphatic carbocycles. The second-order valence-electron chi connectivity index (χ2n) is 24.9. The summed E-state index contributed by atoms with van der Waals surface area (Å²) >= 11 is 0. The molecule has 0 aromatic heterocycles. The summed E-state index contributed by atoms with van der Waals surface area (Å²) in [6, 6.07) is 0. The van der Waals surface area contributed by atoms with Crippen LogP contribution in [-0.2, 0) is 28.6 Å². The molecular formula is C73H140O6. The second-order valence-corrected chi connectivity index (χ2v) is 24.9. The van der Waals surface area contributed by atoms with Gasteiger partial charge in [0.25, 0.3) is 0 Å². The number of hydrogen-bond donors (Lipinski definition) is 0. The van der Waals surface area contributed by atoms with Crippen molar-refractivity contribution < 1.29 is 28.6 Å². The van der Waals surface area contributed by atoms with Crippen molar-refractivity contribution in [1.82, 2.24) is 0 Å². The molecule has 0 aliphatic heterocycles. The third-order valence-electron chi connectivity index (χ3n) is 16.8. The molecule has 6 heteroatoms. The van der Waals surface area contributed by atoms with Crippen LogP contribution in [-0.4, -0.2) is 37.2 Å². The van der Waals surface area contributed by atoms with Gasteiger partial charge in [0.1, 0.15) is 13.2 Å². The van der Waals surface area contributed by atoms with Crippen molar-refractivity contribution in [3.8, 4) is 0 Å². The lowest BCUT2D eigenvalue weighted by Crippen LogP contribution is -2.30. The van der Waals surface area contributed by atoms with Crippen LogP contribution in [0.3, 0.4) is 0 Å². The molecule has 0 amide bonds. The Balaban J connectivity index is 4.00. The minimum Gasteiger partial charge on any atom is -0.462 e. The number of esters is 3. The topological polar surface area (TPSA) is 78.9 Å². The van der Waals surface area contributed by atoms with E-state index < -0.39 is 6.10 Å². The minimum atomic E-state index is -0.763. The molecule has 0 aromatic rings. The highest BCUT2D eigenvalue weighted by molar-refractivity contribution is 5.71. The Morgan fingerprint density at radius 1 is 0.241 bits per heavy atom. The predicted molar refractivity (Wildman–Crippen MR) is 344 cm³/mol. The van der Waals surface area contributed by atoms with Crippen LogP contribution in [0.4, 0.5) is 0 Å². The average molecular weight is 1110 g/mol. The molecule has 1 unspecified atom stereocenters. The molecule has 6 nitrogen and oxygen atoms in total. The van der Waals surface area contributed by atoms with Crippen LogP contribution in [0, 0.1) is 0 Å². The maximum absolute atomic E-state index is 12.9. The van der Waals surface area contributed by atoms with Crippen LogP contribution in [0.1, 0.15) is 419 Å². The Morgan fingerprint density at radius 2 is 0.418 bits per heavy atom. The smallest absolute Gasteiger partial charge is 0.306 e. The van der Waals surface area contributed by atoms with Gasteiger partial charge in [0, 0.05) is 19.3 Å². The first-order valence-corrected chi connectivity index (χ1v) is 36.2. The van der Waals surface area contributed by atoms with Gasteiger partial charge in [-0.2, -0.15) is 0 Å². The highest BCUT2D eigenvalue weighted by Gasteiger charge is 2.19. The first-order valence-electron chi connectivity index (χ1n) is 36.2. The highest BCUT2D eigenvalue weighted by atomic mass is 16.6. The second kappa shape index (κ2) is 68.6. The molecular weight excluding hydrogens is 973 g/mol. The number of rotatable bonds is 68. The van der Waals surface area contributed by atoms with E-state index in [2.05, 4.69) is 32.9 Å². The van der Waals surface area contributed by atoms with Gasteiger partial charge in [0.15, 0.2) is 6.10 Å². The largest absolute Gasteiger partial charge is 0.462 e. The van der Waals surface area contributed by atoms with Gasteiger partial charge in [-0.05, 0) is 44.9 Å². The van der Waals surface area contributed by atoms with E-state index >= 15 is 0 Å². The van der Waals surface area contributed by atoms with Gasteiger partial charge in [-0.3, -0.25) is 14.4 Å². The Labute approximate surface area is 494 Å². The number of allylic oxidation sites excluding steroid dienone is 2. The summed E-state index contributed by atoms with van der Waals surface area (Å²) in [5.74, 6) is -0.831. The van der Waals surface area contributed by atoms with Crippen molar-refractivity contribution in [1.29, 1.82) is 0 Å². The zero-order chi connectivity index (χ0) is 57.1. The molecule has 0 fully saturated rings. The van der Waals surface area contributed by atoms with E-state index in [-0.39, 0.29) is 31.1 Å². The maximum atomic E-state index is 12.9. The lowest BCUT2D eigenvalue weighted by Gasteiger charge is -2.18. The molecule has 0 aliphatic rings. The van der Waals surface area contributed by atoms with Gasteiger partial charge >= 0.3 is 17.9 Å². The lowest BCUT2D eigenvalue weighted by molar-refractivity contribution is -0.167. The monoisotopic (exact) mass is 1110 g/mol. The molecule has 79 heavy (non-hydrogen) atoms. The van der Waals surface area contributed by atoms with Gasteiger partial charge in [-0.15, -0.1) is 0 Å². The fourth-order valence-electron chi connectivity index (χ4n) is 11.3. The summed E-state index contributed by atoms with van der Waals surface area (Å²) in [4.78, 5) is 38.3. The molecule has 0 heterocycles. The summed E-state index contributed by atoms with van der Waals surface area (Å²) in [6.07, 6.45) is 82.8. The molecule has 1 atom stereocenters. The van der Waals surface area contributed by atoms with Crippen molar-refractivity contribution in [3.05, 3.63) is 12.2 Å². The quantitative estimate of drug-likeness (QED) is 0.0261. The first-order chi connectivity index (χ1) is 39.0. The van der Waals surface area contributed by atoms with E-state index in [1.54, 1.807) is 0 Å². The van der Waals surface area contributed by atoms with Gasteiger partial charge in [-0.25, -0.2) is 0 Å². The normalized spacial score (nSPS) is 12.0. The molecule has 0 saturated carbocycles. The van der Waals surface area contributed by atoms with E-state index in [0.29, 0.717) is 19.3 Å². The fourth-order valence-corrected chi connectivity index (χ4v) is 11.3. The summed E-state index contributed by atoms with van der Waals surface area (Å²) in [5, 5.41) is 0. The van der Waals surface area contributed by atoms with E-state index in [0.717, 1.165) is 57.8 Å². The van der Waals surface area contributed by atoms with Gasteiger partial charge < -0.3 is 14.2 Å². The van der Waals surface area contributed by atoms with Crippen LogP contribution in [0.5, 0.6) is 0 Å². The maximum Gasteiger partial charge on any atom is 0.306 e. The first kappa shape index (κ1) is 77.2. The van der Waals surface area contributed by atoms with E-state index in [9.17, 15) is 14.4 Å². The Bertz CT molecular complexity index is 1230. The van der Waals surface area contributed by atoms with E-state index in [1.807, 2.05) is 0 Å². The van der Waals surface area contributed by atoms with E-state index in [1.165, 1.54) is 321 Å². The lowest BCUT2D eigenvalue weighted by atomic mass is 10.0. The third kappa shape index (κ3) is 66.8. The van der Waals surface area contributed by atoms with Gasteiger partial charge in [0.05, 0.1) is 0 Å². The van der Waals surface area contributed by atoms with Crippen molar-refractivity contribution in [2.75, 3.05) is 13.2 Å². The zero-order valence-corrected chi connectivity index (χ0v) is 53.9. The van der Waals surface area contributed by atoms with Gasteiger partial charge in [0.2, 0.25) is 0 Å². The average Bonchev–Trinajstić information content (AvgIpc) is 3.45. The van der Waals surface area contributed by atoms with Crippen molar-refractivity contribution in [2.45, 2.75) is 425 Å². The van der Waals surface area contributed by atoms with Crippen molar-refractivity contribution in [3.63, 3.8) is 0 Å². The van der Waals surface area contributed by atoms with Gasteiger partial charge in [-0.1, -0.05) is 367 Å². The number of unbranched alkanes of at least 4 members (excludes halogenated alkanes) is 55. The van der Waals surface area contributed by atoms with Crippen molar-refractivity contribution in [2.24, 2.45) is 0 Å². The van der Waals surface area contributed by atoms with Crippen LogP contribution >= 0.6 is 0 Å². The molecule has 0 spiro atoms. The Morgan fingerprint density at radius 3 is 0.633 bits per heavy atom. The van der Waals surface area contributed by atoms with Crippen molar-refractivity contribution >= 4 is 17.9 Å².